The molecule has 2 aromatic rings. The lowest BCUT2D eigenvalue weighted by molar-refractivity contribution is 0.128. The molecule has 0 aliphatic heterocycles. The Morgan fingerprint density at radius 3 is 2.89 bits per heavy atom. The predicted molar refractivity (Wildman–Crippen MR) is 82.2 cm³/mol. The largest absolute Gasteiger partial charge is 0.453 e. The molecule has 2 rings (SSSR count). The number of rotatable bonds is 5. The van der Waals surface area contributed by atoms with Gasteiger partial charge in [-0.15, -0.1) is 0 Å². The number of hydrogen-bond acceptors (Lipinski definition) is 4. The second-order valence-electron chi connectivity index (χ2n) is 3.96. The maximum atomic E-state index is 11.7. The van der Waals surface area contributed by atoms with E-state index in [0.717, 1.165) is 16.6 Å². The molecule has 0 saturated carbocycles. The van der Waals surface area contributed by atoms with Crippen LogP contribution in [0.3, 0.4) is 0 Å². The normalized spacial score (nSPS) is 10.6. The van der Waals surface area contributed by atoms with E-state index in [1.165, 1.54) is 7.11 Å². The van der Waals surface area contributed by atoms with Gasteiger partial charge in [0.2, 0.25) is 0 Å². The van der Waals surface area contributed by atoms with Crippen LogP contribution in [0.1, 0.15) is 5.69 Å². The number of carbonyl (C=O) groups is 1. The minimum Gasteiger partial charge on any atom is -0.453 e. The first-order chi connectivity index (χ1) is 9.24. The number of nitrogens with one attached hydrogen (secondary N) is 1. The number of para-hydroxylation sites is 1. The molecule has 1 amide bonds. The molecule has 0 unspecified atom stereocenters. The fourth-order valence-electron chi connectivity index (χ4n) is 1.83. The van der Waals surface area contributed by atoms with Gasteiger partial charge in [-0.25, -0.2) is 4.79 Å². The number of amides is 1. The van der Waals surface area contributed by atoms with Crippen molar-refractivity contribution in [3.8, 4) is 0 Å². The Hall–Kier alpha value is -1.27. The first kappa shape index (κ1) is 14.1. The van der Waals surface area contributed by atoms with Crippen LogP contribution in [0, 0.1) is 0 Å². The highest BCUT2D eigenvalue weighted by Gasteiger charge is 2.15. The van der Waals surface area contributed by atoms with E-state index in [1.54, 1.807) is 26.5 Å². The summed E-state index contributed by atoms with van der Waals surface area (Å²) in [6.45, 7) is 0.523. The van der Waals surface area contributed by atoms with Gasteiger partial charge in [0, 0.05) is 11.2 Å². The summed E-state index contributed by atoms with van der Waals surface area (Å²) in [5.74, 6) is 0.600. The summed E-state index contributed by atoms with van der Waals surface area (Å²) >= 11 is 0. The Morgan fingerprint density at radius 2 is 2.21 bits per heavy atom. The molecule has 0 fully saturated rings. The molecule has 19 heavy (non-hydrogen) atoms. The van der Waals surface area contributed by atoms with Gasteiger partial charge < -0.3 is 9.72 Å². The SMILES string of the molecule is COC(=O)N(CSSC)Cc1cc2ccccc2[nH]1. The van der Waals surface area contributed by atoms with Crippen molar-refractivity contribution in [3.05, 3.63) is 36.0 Å². The summed E-state index contributed by atoms with van der Waals surface area (Å²) in [6, 6.07) is 10.1. The van der Waals surface area contributed by atoms with Crippen molar-refractivity contribution >= 4 is 38.6 Å². The molecule has 1 N–H and O–H groups in total. The number of benzene rings is 1. The van der Waals surface area contributed by atoms with Crippen molar-refractivity contribution in [2.45, 2.75) is 6.54 Å². The highest BCUT2D eigenvalue weighted by Crippen LogP contribution is 2.21. The molecule has 1 aromatic carbocycles. The lowest BCUT2D eigenvalue weighted by Gasteiger charge is -2.19. The lowest BCUT2D eigenvalue weighted by atomic mass is 10.2. The van der Waals surface area contributed by atoms with Crippen LogP contribution in [0.25, 0.3) is 10.9 Å². The lowest BCUT2D eigenvalue weighted by Crippen LogP contribution is -2.29. The Bertz CT molecular complexity index is 523. The zero-order chi connectivity index (χ0) is 13.7. The molecule has 0 bridgehead atoms. The summed E-state index contributed by atoms with van der Waals surface area (Å²) in [5.41, 5.74) is 2.09. The van der Waals surface area contributed by atoms with Crippen LogP contribution in [-0.2, 0) is 11.3 Å². The first-order valence-electron chi connectivity index (χ1n) is 5.79. The van der Waals surface area contributed by atoms with Gasteiger partial charge in [0.25, 0.3) is 0 Å². The molecule has 1 heterocycles. The highest BCUT2D eigenvalue weighted by molar-refractivity contribution is 8.76. The van der Waals surface area contributed by atoms with Crippen molar-refractivity contribution in [2.24, 2.45) is 0 Å². The molecule has 102 valence electrons. The average molecular weight is 296 g/mol. The topological polar surface area (TPSA) is 45.3 Å². The summed E-state index contributed by atoms with van der Waals surface area (Å²) in [7, 11) is 4.65. The number of ether oxygens (including phenoxy) is 1. The second-order valence-corrected chi connectivity index (χ2v) is 6.50. The predicted octanol–water partition coefficient (Wildman–Crippen LogP) is 3.71. The first-order valence-corrected chi connectivity index (χ1v) is 8.52. The third kappa shape index (κ3) is 3.61. The standard InChI is InChI=1S/C13H16N2O2S2/c1-17-13(16)15(9-19-18-2)8-11-7-10-5-3-4-6-12(10)14-11/h3-7,14H,8-9H2,1-2H3. The van der Waals surface area contributed by atoms with Crippen LogP contribution in [0.15, 0.2) is 30.3 Å². The summed E-state index contributed by atoms with van der Waals surface area (Å²) in [6.07, 6.45) is 1.68. The van der Waals surface area contributed by atoms with Crippen LogP contribution >= 0.6 is 21.6 Å². The van der Waals surface area contributed by atoms with Gasteiger partial charge in [-0.3, -0.25) is 4.90 Å². The Morgan fingerprint density at radius 1 is 1.42 bits per heavy atom. The Balaban J connectivity index is 2.13. The van der Waals surface area contributed by atoms with E-state index in [2.05, 4.69) is 17.1 Å². The van der Waals surface area contributed by atoms with E-state index < -0.39 is 0 Å². The Labute approximate surface area is 120 Å². The maximum absolute atomic E-state index is 11.7. The molecule has 0 radical (unpaired) electrons. The molecule has 0 atom stereocenters. The fraction of sp³-hybridized carbons (Fsp3) is 0.308. The van der Waals surface area contributed by atoms with Gasteiger partial charge in [-0.1, -0.05) is 39.8 Å². The minimum absolute atomic E-state index is 0.305. The van der Waals surface area contributed by atoms with E-state index in [9.17, 15) is 4.79 Å². The second kappa shape index (κ2) is 6.77. The van der Waals surface area contributed by atoms with Gasteiger partial charge in [0.15, 0.2) is 0 Å². The summed E-state index contributed by atoms with van der Waals surface area (Å²) in [4.78, 5) is 16.7. The van der Waals surface area contributed by atoms with Gasteiger partial charge >= 0.3 is 6.09 Å². The molecule has 6 heteroatoms. The minimum atomic E-state index is -0.305. The van der Waals surface area contributed by atoms with Crippen molar-refractivity contribution < 1.29 is 9.53 Å². The van der Waals surface area contributed by atoms with Crippen LogP contribution in [0.5, 0.6) is 0 Å². The third-order valence-corrected chi connectivity index (χ3v) is 4.38. The van der Waals surface area contributed by atoms with Crippen LogP contribution in [0.2, 0.25) is 0 Å². The van der Waals surface area contributed by atoms with Crippen LogP contribution in [-0.4, -0.2) is 35.2 Å². The molecule has 0 aliphatic rings. The molecule has 0 aliphatic carbocycles. The zero-order valence-electron chi connectivity index (χ0n) is 10.9. The van der Waals surface area contributed by atoms with Gasteiger partial charge in [-0.2, -0.15) is 0 Å². The number of methoxy groups -OCH3 is 1. The van der Waals surface area contributed by atoms with Crippen molar-refractivity contribution in [2.75, 3.05) is 19.2 Å². The summed E-state index contributed by atoms with van der Waals surface area (Å²) in [5, 5.41) is 1.15. The van der Waals surface area contributed by atoms with E-state index in [-0.39, 0.29) is 6.09 Å². The van der Waals surface area contributed by atoms with E-state index in [0.29, 0.717) is 12.4 Å². The van der Waals surface area contributed by atoms with E-state index in [1.807, 2.05) is 24.5 Å². The van der Waals surface area contributed by atoms with E-state index >= 15 is 0 Å². The number of aromatic amines is 1. The van der Waals surface area contributed by atoms with Crippen molar-refractivity contribution in [1.82, 2.24) is 9.88 Å². The maximum Gasteiger partial charge on any atom is 0.410 e. The van der Waals surface area contributed by atoms with Gasteiger partial charge in [0.05, 0.1) is 19.5 Å². The smallest absolute Gasteiger partial charge is 0.410 e. The fourth-order valence-corrected chi connectivity index (χ4v) is 2.96. The number of nitrogens with zero attached hydrogens (tertiary/aromatic N) is 1. The highest BCUT2D eigenvalue weighted by atomic mass is 33.1. The van der Waals surface area contributed by atoms with Crippen molar-refractivity contribution in [3.63, 3.8) is 0 Å². The molecule has 0 spiro atoms. The van der Waals surface area contributed by atoms with Crippen LogP contribution in [0.4, 0.5) is 4.79 Å². The molecule has 1 aromatic heterocycles. The number of hydrogen-bond donors (Lipinski definition) is 1. The average Bonchev–Trinajstić information content (AvgIpc) is 2.84. The molecule has 4 nitrogen and oxygen atoms in total. The Kier molecular flexibility index (Phi) is 5.04. The van der Waals surface area contributed by atoms with Gasteiger partial charge in [-0.05, 0) is 23.8 Å². The zero-order valence-corrected chi connectivity index (χ0v) is 12.5. The number of aromatic nitrogens is 1. The van der Waals surface area contributed by atoms with Crippen LogP contribution < -0.4 is 0 Å². The number of H-pyrrole nitrogens is 1. The van der Waals surface area contributed by atoms with E-state index in [4.69, 9.17) is 4.74 Å². The monoisotopic (exact) mass is 296 g/mol. The molecule has 0 saturated heterocycles. The summed E-state index contributed by atoms with van der Waals surface area (Å²) < 4.78 is 4.81. The third-order valence-electron chi connectivity index (χ3n) is 2.71. The molecular formula is C13H16N2O2S2. The molecular weight excluding hydrogens is 280 g/mol. The van der Waals surface area contributed by atoms with Gasteiger partial charge in [0.1, 0.15) is 0 Å². The number of fused-ring (bicyclic) bond motifs is 1. The quantitative estimate of drug-likeness (QED) is 0.675. The number of carbonyl (C=O) groups excluding carboxylic acids is 1. The van der Waals surface area contributed by atoms with Crippen molar-refractivity contribution in [1.29, 1.82) is 0 Å².